The second-order valence-corrected chi connectivity index (χ2v) is 2.93. The molecule has 16 heavy (non-hydrogen) atoms. The minimum Gasteiger partial charge on any atom is -0.480 e. The summed E-state index contributed by atoms with van der Waals surface area (Å²) < 4.78 is 0. The number of amides is 3. The number of nitrogens with two attached hydrogens (primary N) is 1. The molecule has 0 aliphatic carbocycles. The minimum atomic E-state index is -1.24. The van der Waals surface area contributed by atoms with Gasteiger partial charge < -0.3 is 21.5 Å². The zero-order chi connectivity index (χ0) is 12.6. The second-order valence-electron chi connectivity index (χ2n) is 2.93. The number of carboxylic acids is 1. The van der Waals surface area contributed by atoms with Gasteiger partial charge in [0.15, 0.2) is 0 Å². The highest BCUT2D eigenvalue weighted by Crippen LogP contribution is 1.97. The number of primary amides is 1. The third-order valence-corrected chi connectivity index (χ3v) is 1.63. The van der Waals surface area contributed by atoms with Gasteiger partial charge >= 0.3 is 12.0 Å². The number of rotatable bonds is 6. The minimum absolute atomic E-state index is 0.00596. The largest absolute Gasteiger partial charge is 0.480 e. The molecular formula is C9H13N3O4. The first-order valence-corrected chi connectivity index (χ1v) is 4.46. The molecule has 0 rings (SSSR count). The molecule has 5 N–H and O–H groups in total. The number of aliphatic carboxylic acids is 1. The molecule has 0 spiro atoms. The van der Waals surface area contributed by atoms with Crippen LogP contribution in [0.15, 0.2) is 0 Å². The van der Waals surface area contributed by atoms with Crippen LogP contribution in [-0.2, 0) is 9.59 Å². The molecule has 7 heteroatoms. The van der Waals surface area contributed by atoms with Crippen LogP contribution in [0, 0.1) is 12.3 Å². The van der Waals surface area contributed by atoms with E-state index in [4.69, 9.17) is 17.3 Å². The van der Waals surface area contributed by atoms with Crippen molar-refractivity contribution in [3.8, 4) is 12.3 Å². The first-order valence-electron chi connectivity index (χ1n) is 4.46. The zero-order valence-electron chi connectivity index (χ0n) is 8.53. The predicted octanol–water partition coefficient (Wildman–Crippen LogP) is -1.36. The average molecular weight is 227 g/mol. The van der Waals surface area contributed by atoms with E-state index in [0.717, 1.165) is 0 Å². The highest BCUT2D eigenvalue weighted by atomic mass is 16.4. The van der Waals surface area contributed by atoms with E-state index >= 15 is 0 Å². The fraction of sp³-hybridized carbons (Fsp3) is 0.444. The topological polar surface area (TPSA) is 122 Å². The van der Waals surface area contributed by atoms with E-state index in [0.29, 0.717) is 0 Å². The van der Waals surface area contributed by atoms with Crippen molar-refractivity contribution in [1.29, 1.82) is 0 Å². The average Bonchev–Trinajstić information content (AvgIpc) is 2.20. The summed E-state index contributed by atoms with van der Waals surface area (Å²) in [6.45, 7) is -0.00596. The van der Waals surface area contributed by atoms with E-state index in [-0.39, 0.29) is 19.4 Å². The van der Waals surface area contributed by atoms with Crippen molar-refractivity contribution in [3.63, 3.8) is 0 Å². The van der Waals surface area contributed by atoms with Crippen molar-refractivity contribution in [2.24, 2.45) is 5.73 Å². The maximum absolute atomic E-state index is 11.1. The number of hydrogen-bond donors (Lipinski definition) is 4. The monoisotopic (exact) mass is 227 g/mol. The van der Waals surface area contributed by atoms with Crippen LogP contribution >= 0.6 is 0 Å². The first-order chi connectivity index (χ1) is 7.47. The molecule has 0 aromatic heterocycles. The van der Waals surface area contributed by atoms with E-state index < -0.39 is 23.9 Å². The number of carbonyl (C=O) groups excluding carboxylic acids is 2. The van der Waals surface area contributed by atoms with Crippen LogP contribution in [0.3, 0.4) is 0 Å². The summed E-state index contributed by atoms with van der Waals surface area (Å²) in [5, 5.41) is 13.1. The van der Waals surface area contributed by atoms with Crippen LogP contribution in [0.4, 0.5) is 4.79 Å². The Morgan fingerprint density at radius 3 is 2.50 bits per heavy atom. The molecule has 0 heterocycles. The number of carboxylic acid groups (broad SMARTS) is 1. The molecule has 0 fully saturated rings. The van der Waals surface area contributed by atoms with E-state index in [2.05, 4.69) is 16.6 Å². The lowest BCUT2D eigenvalue weighted by Crippen LogP contribution is -2.46. The molecule has 88 valence electrons. The highest BCUT2D eigenvalue weighted by Gasteiger charge is 2.19. The van der Waals surface area contributed by atoms with Gasteiger partial charge in [-0.15, -0.1) is 6.42 Å². The highest BCUT2D eigenvalue weighted by molar-refractivity contribution is 5.83. The van der Waals surface area contributed by atoms with E-state index in [9.17, 15) is 14.4 Å². The first kappa shape index (κ1) is 13.8. The summed E-state index contributed by atoms with van der Waals surface area (Å²) in [4.78, 5) is 32.2. The molecular weight excluding hydrogens is 214 g/mol. The van der Waals surface area contributed by atoms with Gasteiger partial charge in [0.25, 0.3) is 0 Å². The molecule has 0 aliphatic rings. The lowest BCUT2D eigenvalue weighted by atomic mass is 10.1. The number of hydrogen-bond acceptors (Lipinski definition) is 3. The molecule has 1 unspecified atom stereocenters. The van der Waals surface area contributed by atoms with Gasteiger partial charge in [-0.3, -0.25) is 4.79 Å². The van der Waals surface area contributed by atoms with Crippen LogP contribution in [0.1, 0.15) is 12.8 Å². The Hall–Kier alpha value is -2.23. The van der Waals surface area contributed by atoms with E-state index in [1.54, 1.807) is 0 Å². The molecule has 1 atom stereocenters. The Kier molecular flexibility index (Phi) is 6.12. The fourth-order valence-corrected chi connectivity index (χ4v) is 0.885. The summed E-state index contributed by atoms with van der Waals surface area (Å²) in [6.07, 6.45) is 4.72. The lowest BCUT2D eigenvalue weighted by molar-refractivity contribution is -0.139. The normalized spacial score (nSPS) is 10.9. The van der Waals surface area contributed by atoms with Gasteiger partial charge in [-0.1, -0.05) is 5.92 Å². The molecule has 0 saturated heterocycles. The van der Waals surface area contributed by atoms with Gasteiger partial charge in [0.1, 0.15) is 6.04 Å². The molecule has 0 aliphatic heterocycles. The Morgan fingerprint density at radius 2 is 2.06 bits per heavy atom. The predicted molar refractivity (Wildman–Crippen MR) is 55.2 cm³/mol. The van der Waals surface area contributed by atoms with Crippen molar-refractivity contribution in [1.82, 2.24) is 10.6 Å². The third-order valence-electron chi connectivity index (χ3n) is 1.63. The van der Waals surface area contributed by atoms with Gasteiger partial charge in [-0.25, -0.2) is 9.59 Å². The Bertz CT molecular complexity index is 321. The number of nitrogens with one attached hydrogen (secondary N) is 2. The van der Waals surface area contributed by atoms with E-state index in [1.165, 1.54) is 0 Å². The van der Waals surface area contributed by atoms with Crippen LogP contribution < -0.4 is 16.4 Å². The maximum atomic E-state index is 11.1. The van der Waals surface area contributed by atoms with Gasteiger partial charge in [0, 0.05) is 6.42 Å². The summed E-state index contributed by atoms with van der Waals surface area (Å²) in [5.41, 5.74) is 4.87. The number of urea groups is 1. The molecule has 0 radical (unpaired) electrons. The lowest BCUT2D eigenvalue weighted by Gasteiger charge is -2.13. The fourth-order valence-electron chi connectivity index (χ4n) is 0.885. The van der Waals surface area contributed by atoms with Crippen molar-refractivity contribution >= 4 is 17.9 Å². The zero-order valence-corrected chi connectivity index (χ0v) is 8.53. The molecule has 0 aromatic carbocycles. The van der Waals surface area contributed by atoms with Gasteiger partial charge in [-0.05, 0) is 6.42 Å². The Labute approximate surface area is 92.4 Å². The van der Waals surface area contributed by atoms with Gasteiger partial charge in [-0.2, -0.15) is 0 Å². The summed E-state index contributed by atoms with van der Waals surface area (Å²) >= 11 is 0. The third kappa shape index (κ3) is 6.26. The Morgan fingerprint density at radius 1 is 1.44 bits per heavy atom. The Balaban J connectivity index is 4.13. The second kappa shape index (κ2) is 7.11. The summed E-state index contributed by atoms with van der Waals surface area (Å²) in [6, 6.07) is -1.86. The van der Waals surface area contributed by atoms with Crippen LogP contribution in [0.5, 0.6) is 0 Å². The van der Waals surface area contributed by atoms with Crippen LogP contribution in [0.25, 0.3) is 0 Å². The van der Waals surface area contributed by atoms with Gasteiger partial charge in [0.05, 0.1) is 6.54 Å². The van der Waals surface area contributed by atoms with Crippen LogP contribution in [0.2, 0.25) is 0 Å². The number of terminal acetylenes is 1. The molecule has 3 amide bonds. The molecule has 7 nitrogen and oxygen atoms in total. The molecule has 0 bridgehead atoms. The number of carbonyl (C=O) groups is 3. The SMILES string of the molecule is C#CCNC(=O)NC(CCC(N)=O)C(=O)O. The molecule has 0 saturated carbocycles. The summed E-state index contributed by atoms with van der Waals surface area (Å²) in [5.74, 6) is 0.291. The van der Waals surface area contributed by atoms with Crippen molar-refractivity contribution in [3.05, 3.63) is 0 Å². The maximum Gasteiger partial charge on any atom is 0.326 e. The van der Waals surface area contributed by atoms with Gasteiger partial charge in [0.2, 0.25) is 5.91 Å². The van der Waals surface area contributed by atoms with Crippen LogP contribution in [-0.4, -0.2) is 35.6 Å². The van der Waals surface area contributed by atoms with Crippen molar-refractivity contribution < 1.29 is 19.5 Å². The van der Waals surface area contributed by atoms with E-state index in [1.807, 2.05) is 0 Å². The quantitative estimate of drug-likeness (QED) is 0.418. The summed E-state index contributed by atoms with van der Waals surface area (Å²) in [7, 11) is 0. The smallest absolute Gasteiger partial charge is 0.326 e. The van der Waals surface area contributed by atoms with Crippen molar-refractivity contribution in [2.45, 2.75) is 18.9 Å². The molecule has 0 aromatic rings. The standard InChI is InChI=1S/C9H13N3O4/c1-2-5-11-9(16)12-6(8(14)15)3-4-7(10)13/h1,6H,3-5H2,(H2,10,13)(H,14,15)(H2,11,12,16). The van der Waals surface area contributed by atoms with Crippen molar-refractivity contribution in [2.75, 3.05) is 6.54 Å².